The van der Waals surface area contributed by atoms with E-state index in [1.807, 2.05) is 13.8 Å². The summed E-state index contributed by atoms with van der Waals surface area (Å²) in [4.78, 5) is 11.2. The molecule has 0 aliphatic carbocycles. The van der Waals surface area contributed by atoms with Crippen molar-refractivity contribution in [3.63, 3.8) is 0 Å². The topological polar surface area (TPSA) is 66.1 Å². The van der Waals surface area contributed by atoms with Gasteiger partial charge in [-0.15, -0.1) is 0 Å². The second-order valence-electron chi connectivity index (χ2n) is 6.53. The Labute approximate surface area is 143 Å². The Bertz CT molecular complexity index is 249. The number of nitrogens with two attached hydrogens (primary N) is 1. The summed E-state index contributed by atoms with van der Waals surface area (Å²) in [5.41, 5.74) is -0.602. The molecule has 1 unspecified atom stereocenters. The van der Waals surface area contributed by atoms with E-state index >= 15 is 0 Å². The minimum Gasteiger partial charge on any atom is -0.550 e. The van der Waals surface area contributed by atoms with Gasteiger partial charge in [0.15, 0.2) is 0 Å². The van der Waals surface area contributed by atoms with Gasteiger partial charge in [0.1, 0.15) is 0 Å². The predicted molar refractivity (Wildman–Crippen MR) is 94.5 cm³/mol. The van der Waals surface area contributed by atoms with Crippen LogP contribution in [0.1, 0.15) is 104 Å². The summed E-state index contributed by atoms with van der Waals surface area (Å²) in [6, 6.07) is 0. The fourth-order valence-electron chi connectivity index (χ4n) is 2.88. The number of rotatable bonds is 14. The van der Waals surface area contributed by atoms with Gasteiger partial charge < -0.3 is 9.90 Å². The van der Waals surface area contributed by atoms with Gasteiger partial charge in [-0.2, -0.15) is 0 Å². The molecule has 0 radical (unpaired) electrons. The molecule has 0 aromatic carbocycles. The van der Waals surface area contributed by atoms with Gasteiger partial charge in [0.25, 0.3) is 0 Å². The highest BCUT2D eigenvalue weighted by atomic mass is 35.5. The third-order valence-corrected chi connectivity index (χ3v) is 4.38. The van der Waals surface area contributed by atoms with Gasteiger partial charge in [-0.05, 0) is 24.6 Å². The minimum atomic E-state index is -0.865. The first kappa shape index (κ1) is 24.0. The molecule has 0 aliphatic heterocycles. The van der Waals surface area contributed by atoms with Crippen LogP contribution < -0.4 is 10.4 Å². The number of unbranched alkanes of at least 4 members (excludes halogenated alkanes) is 9. The van der Waals surface area contributed by atoms with E-state index < -0.39 is 11.4 Å². The van der Waals surface area contributed by atoms with E-state index in [0.29, 0.717) is 0 Å². The molecule has 134 valence electrons. The minimum absolute atomic E-state index is 0.602. The summed E-state index contributed by atoms with van der Waals surface area (Å²) in [7, 11) is 0. The Morgan fingerprint density at radius 2 is 1.23 bits per heavy atom. The van der Waals surface area contributed by atoms with Crippen LogP contribution in [0, 0.1) is 5.41 Å². The molecule has 0 saturated heterocycles. The van der Waals surface area contributed by atoms with Gasteiger partial charge in [-0.1, -0.05) is 91.4 Å². The molecule has 1 atom stereocenters. The molecular weight excluding hydrogens is 298 g/mol. The van der Waals surface area contributed by atoms with Crippen LogP contribution in [0.2, 0.25) is 0 Å². The van der Waals surface area contributed by atoms with Crippen LogP contribution in [-0.4, -0.2) is 5.97 Å². The molecule has 0 amide bonds. The van der Waals surface area contributed by atoms with Gasteiger partial charge in [0.2, 0.25) is 0 Å². The highest BCUT2D eigenvalue weighted by Gasteiger charge is 2.23. The fraction of sp³-hybridized carbons (Fsp3) is 0.944. The van der Waals surface area contributed by atoms with E-state index in [1.54, 1.807) is 0 Å². The lowest BCUT2D eigenvalue weighted by Crippen LogP contribution is -2.40. The molecular formula is C18H37ClNO2-. The van der Waals surface area contributed by atoms with Crippen LogP contribution in [0.4, 0.5) is 0 Å². The number of carbonyl (C=O) groups excluding carboxylic acids is 1. The Morgan fingerprint density at radius 1 is 0.818 bits per heavy atom. The first-order valence-electron chi connectivity index (χ1n) is 9.00. The molecule has 0 aromatic heterocycles. The number of hydrogen-bond donors (Lipinski definition) is 1. The van der Waals surface area contributed by atoms with Crippen LogP contribution in [0.5, 0.6) is 0 Å². The standard InChI is InChI=1S/C18H36O2.ClH2N/c1-4-6-7-8-9-10-11-12-13-14-16-18(3,15-5-2)17(19)20;1-2/h4-16H2,1-3H3,(H,19,20);2H2/p-1. The zero-order valence-electron chi connectivity index (χ0n) is 15.0. The van der Waals surface area contributed by atoms with Crippen molar-refractivity contribution in [2.75, 3.05) is 0 Å². The van der Waals surface area contributed by atoms with Gasteiger partial charge in [-0.3, -0.25) is 0 Å². The lowest BCUT2D eigenvalue weighted by atomic mass is 9.80. The Morgan fingerprint density at radius 3 is 1.59 bits per heavy atom. The maximum absolute atomic E-state index is 11.2. The lowest BCUT2D eigenvalue weighted by molar-refractivity contribution is -0.319. The van der Waals surface area contributed by atoms with E-state index in [0.717, 1.165) is 25.7 Å². The molecule has 0 rings (SSSR count). The molecule has 0 spiro atoms. The van der Waals surface area contributed by atoms with Crippen LogP contribution in [-0.2, 0) is 4.79 Å². The van der Waals surface area contributed by atoms with E-state index in [-0.39, 0.29) is 0 Å². The van der Waals surface area contributed by atoms with E-state index in [4.69, 9.17) is 0 Å². The Balaban J connectivity index is 0. The molecule has 2 N–H and O–H groups in total. The van der Waals surface area contributed by atoms with Crippen molar-refractivity contribution >= 4 is 17.7 Å². The van der Waals surface area contributed by atoms with E-state index in [9.17, 15) is 9.90 Å². The lowest BCUT2D eigenvalue weighted by Gasteiger charge is -2.30. The smallest absolute Gasteiger partial charge is 0.0473 e. The Hall–Kier alpha value is -0.280. The normalized spacial score (nSPS) is 13.1. The molecule has 0 aromatic rings. The second kappa shape index (κ2) is 17.1. The molecule has 0 heterocycles. The maximum atomic E-state index is 11.2. The number of carboxylic acid groups (broad SMARTS) is 1. The van der Waals surface area contributed by atoms with E-state index in [2.05, 4.69) is 24.0 Å². The molecule has 3 nitrogen and oxygen atoms in total. The van der Waals surface area contributed by atoms with Crippen LogP contribution in [0.25, 0.3) is 0 Å². The number of carbonyl (C=O) groups is 1. The second-order valence-corrected chi connectivity index (χ2v) is 6.53. The number of hydrogen-bond acceptors (Lipinski definition) is 3. The first-order valence-corrected chi connectivity index (χ1v) is 9.43. The van der Waals surface area contributed by atoms with Crippen LogP contribution in [0.15, 0.2) is 0 Å². The third-order valence-electron chi connectivity index (χ3n) is 4.38. The predicted octanol–water partition coefficient (Wildman–Crippen LogP) is 4.95. The molecule has 4 heteroatoms. The van der Waals surface area contributed by atoms with E-state index in [1.165, 1.54) is 57.8 Å². The number of aliphatic carboxylic acids is 1. The maximum Gasteiger partial charge on any atom is 0.0473 e. The SMILES string of the molecule is CCCCCCCCCCCCC(C)(CCC)C(=O)[O-].NCl. The average Bonchev–Trinajstić information content (AvgIpc) is 2.51. The largest absolute Gasteiger partial charge is 0.550 e. The van der Waals surface area contributed by atoms with Crippen molar-refractivity contribution in [3.8, 4) is 0 Å². The quantitative estimate of drug-likeness (QED) is 0.361. The van der Waals surface area contributed by atoms with Gasteiger partial charge >= 0.3 is 0 Å². The third kappa shape index (κ3) is 13.4. The van der Waals surface area contributed by atoms with Crippen molar-refractivity contribution in [1.82, 2.24) is 0 Å². The zero-order chi connectivity index (χ0) is 17.3. The Kier molecular flexibility index (Phi) is 18.6. The number of carboxylic acids is 1. The highest BCUT2D eigenvalue weighted by molar-refractivity contribution is 6.11. The molecule has 0 bridgehead atoms. The average molecular weight is 335 g/mol. The first-order chi connectivity index (χ1) is 10.6. The van der Waals surface area contributed by atoms with Crippen LogP contribution >= 0.6 is 11.8 Å². The summed E-state index contributed by atoms with van der Waals surface area (Å²) >= 11 is 4.14. The van der Waals surface area contributed by atoms with Crippen molar-refractivity contribution in [2.45, 2.75) is 104 Å². The summed E-state index contributed by atoms with van der Waals surface area (Å²) in [6.07, 6.45) is 15.4. The van der Waals surface area contributed by atoms with Crippen molar-refractivity contribution in [1.29, 1.82) is 0 Å². The molecule has 0 aliphatic rings. The fourth-order valence-corrected chi connectivity index (χ4v) is 2.88. The van der Waals surface area contributed by atoms with Gasteiger partial charge in [0.05, 0.1) is 0 Å². The van der Waals surface area contributed by atoms with Crippen LogP contribution in [0.3, 0.4) is 0 Å². The van der Waals surface area contributed by atoms with Crippen molar-refractivity contribution in [3.05, 3.63) is 0 Å². The van der Waals surface area contributed by atoms with Gasteiger partial charge in [-0.25, -0.2) is 5.25 Å². The molecule has 22 heavy (non-hydrogen) atoms. The summed E-state index contributed by atoms with van der Waals surface area (Å²) < 4.78 is 0. The molecule has 0 fully saturated rings. The number of halogens is 1. The summed E-state index contributed by atoms with van der Waals surface area (Å²) in [5, 5.41) is 15.2. The summed E-state index contributed by atoms with van der Waals surface area (Å²) in [5.74, 6) is -0.865. The van der Waals surface area contributed by atoms with Crippen molar-refractivity contribution in [2.24, 2.45) is 10.7 Å². The monoisotopic (exact) mass is 334 g/mol. The molecule has 0 saturated carbocycles. The van der Waals surface area contributed by atoms with Crippen molar-refractivity contribution < 1.29 is 9.90 Å². The van der Waals surface area contributed by atoms with Gasteiger partial charge in [0, 0.05) is 11.4 Å². The zero-order valence-corrected chi connectivity index (χ0v) is 15.7. The summed E-state index contributed by atoms with van der Waals surface area (Å²) in [6.45, 7) is 6.14. The highest BCUT2D eigenvalue weighted by Crippen LogP contribution is 2.29.